The lowest BCUT2D eigenvalue weighted by atomic mass is 10.1. The second-order valence-electron chi connectivity index (χ2n) is 2.31. The molecule has 3 nitrogen and oxygen atoms in total. The maximum Gasteiger partial charge on any atom is 0.150 e. The van der Waals surface area contributed by atoms with Gasteiger partial charge in [-0.25, -0.2) is 0 Å². The Balaban J connectivity index is 3.39. The Bertz CT molecular complexity index is 382. The van der Waals surface area contributed by atoms with Gasteiger partial charge in [0.25, 0.3) is 0 Å². The summed E-state index contributed by atoms with van der Waals surface area (Å²) in [6.07, 6.45) is 0.686. The van der Waals surface area contributed by atoms with Gasteiger partial charge in [-0.15, -0.1) is 0 Å². The van der Waals surface area contributed by atoms with Gasteiger partial charge < -0.3 is 4.74 Å². The van der Waals surface area contributed by atoms with Gasteiger partial charge in [-0.2, -0.15) is 5.26 Å². The van der Waals surface area contributed by atoms with Crippen molar-refractivity contribution in [2.24, 2.45) is 0 Å². The van der Waals surface area contributed by atoms with E-state index in [1.807, 2.05) is 6.07 Å². The third-order valence-corrected chi connectivity index (χ3v) is 2.12. The quantitative estimate of drug-likeness (QED) is 0.744. The Morgan fingerprint density at radius 2 is 2.31 bits per heavy atom. The van der Waals surface area contributed by atoms with Crippen LogP contribution in [0, 0.1) is 11.3 Å². The number of rotatable bonds is 2. The summed E-state index contributed by atoms with van der Waals surface area (Å²) >= 11 is 3.20. The van der Waals surface area contributed by atoms with Gasteiger partial charge in [-0.05, 0) is 28.1 Å². The number of methoxy groups -OCH3 is 1. The molecule has 0 aliphatic carbocycles. The third-order valence-electron chi connectivity index (χ3n) is 1.53. The van der Waals surface area contributed by atoms with Crippen molar-refractivity contribution in [3.63, 3.8) is 0 Å². The van der Waals surface area contributed by atoms with E-state index in [9.17, 15) is 4.79 Å². The highest BCUT2D eigenvalue weighted by Gasteiger charge is 2.08. The first-order valence-corrected chi connectivity index (χ1v) is 4.25. The number of nitrogens with zero attached hydrogens (tertiary/aromatic N) is 1. The fourth-order valence-corrected chi connectivity index (χ4v) is 1.61. The Morgan fingerprint density at radius 1 is 1.62 bits per heavy atom. The van der Waals surface area contributed by atoms with Crippen molar-refractivity contribution >= 4 is 22.2 Å². The molecule has 0 saturated carbocycles. The first-order valence-electron chi connectivity index (χ1n) is 3.45. The molecule has 4 heteroatoms. The lowest BCUT2D eigenvalue weighted by Crippen LogP contribution is -1.91. The number of aldehydes is 1. The molecule has 1 aromatic rings. The lowest BCUT2D eigenvalue weighted by Gasteiger charge is -2.05. The molecular weight excluding hydrogens is 234 g/mol. The number of carbonyl (C=O) groups is 1. The molecule has 0 aliphatic heterocycles. The molecule has 1 aromatic carbocycles. The van der Waals surface area contributed by atoms with Gasteiger partial charge in [0.1, 0.15) is 12.4 Å². The molecule has 0 bridgehead atoms. The van der Waals surface area contributed by atoms with Crippen LogP contribution < -0.4 is 4.74 Å². The summed E-state index contributed by atoms with van der Waals surface area (Å²) in [4.78, 5) is 10.5. The topological polar surface area (TPSA) is 50.1 Å². The van der Waals surface area contributed by atoms with Crippen LogP contribution in [0.3, 0.4) is 0 Å². The summed E-state index contributed by atoms with van der Waals surface area (Å²) in [6.45, 7) is 0. The van der Waals surface area contributed by atoms with E-state index in [0.29, 0.717) is 27.6 Å². The smallest absolute Gasteiger partial charge is 0.150 e. The van der Waals surface area contributed by atoms with Gasteiger partial charge in [-0.1, -0.05) is 0 Å². The van der Waals surface area contributed by atoms with Gasteiger partial charge in [-0.3, -0.25) is 4.79 Å². The molecule has 0 amide bonds. The summed E-state index contributed by atoms with van der Waals surface area (Å²) in [7, 11) is 1.47. The molecule has 0 atom stereocenters. The molecular formula is C9H6BrNO2. The van der Waals surface area contributed by atoms with Crippen molar-refractivity contribution in [2.75, 3.05) is 7.11 Å². The van der Waals surface area contributed by atoms with Crippen molar-refractivity contribution in [1.29, 1.82) is 5.26 Å². The Morgan fingerprint density at radius 3 is 2.77 bits per heavy atom. The fraction of sp³-hybridized carbons (Fsp3) is 0.111. The average molecular weight is 240 g/mol. The number of ether oxygens (including phenoxy) is 1. The Kier molecular flexibility index (Phi) is 3.04. The zero-order valence-electron chi connectivity index (χ0n) is 6.87. The molecule has 0 spiro atoms. The zero-order chi connectivity index (χ0) is 9.84. The van der Waals surface area contributed by atoms with Crippen LogP contribution in [0.15, 0.2) is 16.6 Å². The summed E-state index contributed by atoms with van der Waals surface area (Å²) in [5, 5.41) is 8.73. The molecule has 0 aromatic heterocycles. The minimum absolute atomic E-state index is 0.346. The molecule has 66 valence electrons. The van der Waals surface area contributed by atoms with Gasteiger partial charge in [0.15, 0.2) is 5.75 Å². The van der Waals surface area contributed by atoms with E-state index in [1.54, 1.807) is 6.07 Å². The van der Waals surface area contributed by atoms with Crippen LogP contribution in [-0.2, 0) is 0 Å². The van der Waals surface area contributed by atoms with E-state index < -0.39 is 0 Å². The van der Waals surface area contributed by atoms with E-state index in [1.165, 1.54) is 13.2 Å². The van der Waals surface area contributed by atoms with Crippen LogP contribution in [0.1, 0.15) is 15.9 Å². The molecule has 1 rings (SSSR count). The van der Waals surface area contributed by atoms with E-state index in [4.69, 9.17) is 10.00 Å². The first kappa shape index (κ1) is 9.75. The molecule has 0 radical (unpaired) electrons. The molecule has 0 saturated heterocycles. The maximum absolute atomic E-state index is 10.5. The SMILES string of the molecule is COc1c(Br)cc(C=O)cc1C#N. The minimum atomic E-state index is 0.346. The average Bonchev–Trinajstić information content (AvgIpc) is 2.16. The van der Waals surface area contributed by atoms with Crippen LogP contribution in [0.5, 0.6) is 5.75 Å². The summed E-state index contributed by atoms with van der Waals surface area (Å²) in [5.74, 6) is 0.452. The highest BCUT2D eigenvalue weighted by atomic mass is 79.9. The molecule has 0 unspecified atom stereocenters. The summed E-state index contributed by atoms with van der Waals surface area (Å²) in [5.41, 5.74) is 0.795. The molecule has 13 heavy (non-hydrogen) atoms. The van der Waals surface area contributed by atoms with E-state index >= 15 is 0 Å². The minimum Gasteiger partial charge on any atom is -0.494 e. The van der Waals surface area contributed by atoms with Crippen LogP contribution in [0.2, 0.25) is 0 Å². The first-order chi connectivity index (χ1) is 6.22. The van der Waals surface area contributed by atoms with Crippen molar-refractivity contribution in [2.45, 2.75) is 0 Å². The largest absolute Gasteiger partial charge is 0.494 e. The van der Waals surface area contributed by atoms with Crippen molar-refractivity contribution in [1.82, 2.24) is 0 Å². The highest BCUT2D eigenvalue weighted by molar-refractivity contribution is 9.10. The predicted octanol–water partition coefficient (Wildman–Crippen LogP) is 2.14. The van der Waals surface area contributed by atoms with E-state index in [0.717, 1.165) is 0 Å². The molecule has 0 aliphatic rings. The second kappa shape index (κ2) is 4.06. The van der Waals surface area contributed by atoms with Crippen molar-refractivity contribution < 1.29 is 9.53 Å². The number of hydrogen-bond donors (Lipinski definition) is 0. The molecule has 0 heterocycles. The van der Waals surface area contributed by atoms with Gasteiger partial charge >= 0.3 is 0 Å². The van der Waals surface area contributed by atoms with E-state index in [-0.39, 0.29) is 0 Å². The van der Waals surface area contributed by atoms with Gasteiger partial charge in [0, 0.05) is 5.56 Å². The fourth-order valence-electron chi connectivity index (χ4n) is 0.973. The van der Waals surface area contributed by atoms with Crippen molar-refractivity contribution in [3.8, 4) is 11.8 Å². The number of hydrogen-bond acceptors (Lipinski definition) is 3. The lowest BCUT2D eigenvalue weighted by molar-refractivity contribution is 0.112. The Labute approximate surface area is 84.1 Å². The monoisotopic (exact) mass is 239 g/mol. The second-order valence-corrected chi connectivity index (χ2v) is 3.17. The van der Waals surface area contributed by atoms with Crippen LogP contribution in [0.4, 0.5) is 0 Å². The summed E-state index contributed by atoms with van der Waals surface area (Å²) < 4.78 is 5.59. The van der Waals surface area contributed by atoms with E-state index in [2.05, 4.69) is 15.9 Å². The molecule has 0 N–H and O–H groups in total. The normalized spacial score (nSPS) is 9.00. The number of benzene rings is 1. The third kappa shape index (κ3) is 1.87. The zero-order valence-corrected chi connectivity index (χ0v) is 8.46. The number of carbonyl (C=O) groups excluding carboxylic acids is 1. The predicted molar refractivity (Wildman–Crippen MR) is 50.8 cm³/mol. The van der Waals surface area contributed by atoms with Crippen molar-refractivity contribution in [3.05, 3.63) is 27.7 Å². The summed E-state index contributed by atoms with van der Waals surface area (Å²) in [6, 6.07) is 5.03. The maximum atomic E-state index is 10.5. The number of nitriles is 1. The van der Waals surface area contributed by atoms with Crippen LogP contribution in [-0.4, -0.2) is 13.4 Å². The van der Waals surface area contributed by atoms with Crippen LogP contribution in [0.25, 0.3) is 0 Å². The van der Waals surface area contributed by atoms with Gasteiger partial charge in [0.2, 0.25) is 0 Å². The highest BCUT2D eigenvalue weighted by Crippen LogP contribution is 2.29. The number of halogens is 1. The Hall–Kier alpha value is -1.34. The molecule has 0 fully saturated rings. The van der Waals surface area contributed by atoms with Crippen LogP contribution >= 0.6 is 15.9 Å². The standard InChI is InChI=1S/C9H6BrNO2/c1-13-9-7(4-11)2-6(5-12)3-8(9)10/h2-3,5H,1H3. The van der Waals surface area contributed by atoms with Gasteiger partial charge in [0.05, 0.1) is 17.1 Å².